The van der Waals surface area contributed by atoms with Gasteiger partial charge in [-0.1, -0.05) is 29.3 Å². The zero-order valence-electron chi connectivity index (χ0n) is 15.6. The van der Waals surface area contributed by atoms with Gasteiger partial charge < -0.3 is 10.1 Å². The second-order valence-corrected chi connectivity index (χ2v) is 9.35. The molecule has 29 heavy (non-hydrogen) atoms. The number of anilines is 2. The molecule has 1 atom stereocenters. The second kappa shape index (κ2) is 8.22. The molecule has 7 nitrogen and oxygen atoms in total. The molecule has 0 fully saturated rings. The van der Waals surface area contributed by atoms with Crippen LogP contribution in [0.15, 0.2) is 36.4 Å². The largest absolute Gasteiger partial charge is 0.452 e. The molecule has 154 valence electrons. The first-order valence-electron chi connectivity index (χ1n) is 8.61. The Morgan fingerprint density at radius 3 is 2.48 bits per heavy atom. The number of nitrogens with zero attached hydrogens (tertiary/aromatic N) is 1. The van der Waals surface area contributed by atoms with Crippen molar-refractivity contribution in [3.05, 3.63) is 57.6 Å². The van der Waals surface area contributed by atoms with Crippen molar-refractivity contribution in [1.82, 2.24) is 0 Å². The van der Waals surface area contributed by atoms with Crippen molar-refractivity contribution in [3.63, 3.8) is 0 Å². The minimum absolute atomic E-state index is 0.231. The van der Waals surface area contributed by atoms with Crippen molar-refractivity contribution in [2.24, 2.45) is 0 Å². The van der Waals surface area contributed by atoms with Crippen molar-refractivity contribution in [3.8, 4) is 0 Å². The molecule has 2 aromatic rings. The molecule has 1 N–H and O–H groups in total. The van der Waals surface area contributed by atoms with E-state index in [9.17, 15) is 18.0 Å². The van der Waals surface area contributed by atoms with Gasteiger partial charge in [-0.05, 0) is 49.2 Å². The quantitative estimate of drug-likeness (QED) is 0.694. The van der Waals surface area contributed by atoms with Crippen LogP contribution in [0.1, 0.15) is 22.8 Å². The Balaban J connectivity index is 1.67. The molecule has 0 spiro atoms. The zero-order valence-corrected chi connectivity index (χ0v) is 17.9. The first-order chi connectivity index (χ1) is 13.6. The minimum atomic E-state index is -3.41. The number of para-hydroxylation sites is 1. The third-order valence-corrected chi connectivity index (χ3v) is 6.29. The summed E-state index contributed by atoms with van der Waals surface area (Å²) in [6.45, 7) is 1.27. The number of carbonyl (C=O) groups is 2. The summed E-state index contributed by atoms with van der Waals surface area (Å²) in [7, 11) is -3.41. The van der Waals surface area contributed by atoms with E-state index in [1.807, 2.05) is 0 Å². The number of hydrogen-bond acceptors (Lipinski definition) is 5. The highest BCUT2D eigenvalue weighted by molar-refractivity contribution is 7.92. The van der Waals surface area contributed by atoms with Gasteiger partial charge in [-0.3, -0.25) is 9.10 Å². The Morgan fingerprint density at radius 2 is 1.86 bits per heavy atom. The van der Waals surface area contributed by atoms with Gasteiger partial charge in [0.1, 0.15) is 0 Å². The number of hydrogen-bond donors (Lipinski definition) is 1. The molecular formula is C19H18Cl2N2O5S. The summed E-state index contributed by atoms with van der Waals surface area (Å²) in [5.41, 5.74) is 1.74. The van der Waals surface area contributed by atoms with Gasteiger partial charge in [0.2, 0.25) is 10.0 Å². The molecular weight excluding hydrogens is 439 g/mol. The van der Waals surface area contributed by atoms with Gasteiger partial charge >= 0.3 is 5.97 Å². The lowest BCUT2D eigenvalue weighted by atomic mass is 10.1. The number of sulfonamides is 1. The van der Waals surface area contributed by atoms with Crippen LogP contribution in [-0.4, -0.2) is 39.2 Å². The van der Waals surface area contributed by atoms with Gasteiger partial charge in [-0.25, -0.2) is 13.2 Å². The highest BCUT2D eigenvalue weighted by atomic mass is 35.5. The minimum Gasteiger partial charge on any atom is -0.452 e. The molecule has 1 aliphatic heterocycles. The molecule has 1 amide bonds. The second-order valence-electron chi connectivity index (χ2n) is 6.68. The topological polar surface area (TPSA) is 92.8 Å². The molecule has 3 rings (SSSR count). The lowest BCUT2D eigenvalue weighted by molar-refractivity contribution is -0.119. The number of amides is 1. The van der Waals surface area contributed by atoms with E-state index in [0.29, 0.717) is 12.1 Å². The van der Waals surface area contributed by atoms with Crippen LogP contribution in [0.2, 0.25) is 10.0 Å². The van der Waals surface area contributed by atoms with Gasteiger partial charge in [0, 0.05) is 6.04 Å². The lowest BCUT2D eigenvalue weighted by Gasteiger charge is -2.21. The van der Waals surface area contributed by atoms with Gasteiger partial charge in [-0.15, -0.1) is 0 Å². The van der Waals surface area contributed by atoms with E-state index < -0.39 is 28.5 Å². The summed E-state index contributed by atoms with van der Waals surface area (Å²) in [6, 6.07) is 9.17. The summed E-state index contributed by atoms with van der Waals surface area (Å²) in [5, 5.41) is 3.03. The number of halogens is 2. The number of benzene rings is 2. The lowest BCUT2D eigenvalue weighted by Crippen LogP contribution is -2.34. The number of esters is 1. The van der Waals surface area contributed by atoms with Crippen LogP contribution in [0.3, 0.4) is 0 Å². The fourth-order valence-corrected chi connectivity index (χ4v) is 5.00. The van der Waals surface area contributed by atoms with E-state index >= 15 is 0 Å². The van der Waals surface area contributed by atoms with Gasteiger partial charge in [0.25, 0.3) is 5.91 Å². The third kappa shape index (κ3) is 4.66. The number of ether oxygens (including phenoxy) is 1. The molecule has 1 heterocycles. The molecule has 10 heteroatoms. The van der Waals surface area contributed by atoms with Crippen LogP contribution in [0, 0.1) is 0 Å². The SMILES string of the molecule is CC1Cc2cc(C(=O)OCC(=O)Nc3c(Cl)cccc3Cl)ccc2N1S(C)(=O)=O. The van der Waals surface area contributed by atoms with Crippen LogP contribution < -0.4 is 9.62 Å². The number of carbonyl (C=O) groups excluding carboxylic acids is 2. The molecule has 0 aromatic heterocycles. The number of rotatable bonds is 5. The van der Waals surface area contributed by atoms with Crippen molar-refractivity contribution in [1.29, 1.82) is 0 Å². The maximum atomic E-state index is 12.3. The molecule has 0 saturated carbocycles. The summed E-state index contributed by atoms with van der Waals surface area (Å²) in [6.07, 6.45) is 1.62. The number of fused-ring (bicyclic) bond motifs is 1. The molecule has 0 aliphatic carbocycles. The molecule has 1 unspecified atom stereocenters. The van der Waals surface area contributed by atoms with Crippen LogP contribution in [-0.2, 0) is 26.0 Å². The molecule has 1 aliphatic rings. The summed E-state index contributed by atoms with van der Waals surface area (Å²) in [4.78, 5) is 24.4. The van der Waals surface area contributed by atoms with Gasteiger partial charge in [-0.2, -0.15) is 0 Å². The predicted molar refractivity (Wildman–Crippen MR) is 112 cm³/mol. The smallest absolute Gasteiger partial charge is 0.338 e. The Kier molecular flexibility index (Phi) is 6.07. The van der Waals surface area contributed by atoms with E-state index in [1.165, 1.54) is 10.4 Å². The fourth-order valence-electron chi connectivity index (χ4n) is 3.24. The van der Waals surface area contributed by atoms with Crippen LogP contribution >= 0.6 is 23.2 Å². The maximum Gasteiger partial charge on any atom is 0.338 e. The average Bonchev–Trinajstić information content (AvgIpc) is 2.97. The van der Waals surface area contributed by atoms with Crippen LogP contribution in [0.25, 0.3) is 0 Å². The highest BCUT2D eigenvalue weighted by Crippen LogP contribution is 2.35. The van der Waals surface area contributed by atoms with Gasteiger partial charge in [0.15, 0.2) is 6.61 Å². The molecule has 2 aromatic carbocycles. The molecule has 0 saturated heterocycles. The molecule has 0 radical (unpaired) electrons. The highest BCUT2D eigenvalue weighted by Gasteiger charge is 2.33. The van der Waals surface area contributed by atoms with E-state index in [1.54, 1.807) is 37.3 Å². The first-order valence-corrected chi connectivity index (χ1v) is 11.2. The summed E-state index contributed by atoms with van der Waals surface area (Å²) < 4.78 is 30.3. The van der Waals surface area contributed by atoms with Crippen LogP contribution in [0.5, 0.6) is 0 Å². The maximum absolute atomic E-state index is 12.3. The predicted octanol–water partition coefficient (Wildman–Crippen LogP) is 3.50. The average molecular weight is 457 g/mol. The monoisotopic (exact) mass is 456 g/mol. The Hall–Kier alpha value is -2.29. The zero-order chi connectivity index (χ0) is 21.3. The van der Waals surface area contributed by atoms with E-state index in [0.717, 1.165) is 11.8 Å². The van der Waals surface area contributed by atoms with Crippen molar-refractivity contribution < 1.29 is 22.7 Å². The molecule has 0 bridgehead atoms. The van der Waals surface area contributed by atoms with E-state index in [4.69, 9.17) is 27.9 Å². The van der Waals surface area contributed by atoms with Crippen molar-refractivity contribution in [2.45, 2.75) is 19.4 Å². The fraction of sp³-hybridized carbons (Fsp3) is 0.263. The Morgan fingerprint density at radius 1 is 1.21 bits per heavy atom. The third-order valence-electron chi connectivity index (χ3n) is 4.39. The van der Waals surface area contributed by atoms with Gasteiger partial charge in [0.05, 0.1) is 33.2 Å². The normalized spacial score (nSPS) is 15.7. The van der Waals surface area contributed by atoms with E-state index in [2.05, 4.69) is 5.32 Å². The van der Waals surface area contributed by atoms with Crippen molar-refractivity contribution in [2.75, 3.05) is 22.5 Å². The van der Waals surface area contributed by atoms with E-state index in [-0.39, 0.29) is 27.3 Å². The summed E-state index contributed by atoms with van der Waals surface area (Å²) in [5.74, 6) is -1.29. The van der Waals surface area contributed by atoms with Crippen molar-refractivity contribution >= 4 is 56.5 Å². The van der Waals surface area contributed by atoms with Crippen LogP contribution in [0.4, 0.5) is 11.4 Å². The number of nitrogens with one attached hydrogen (secondary N) is 1. The first kappa shape index (κ1) is 21.4. The summed E-state index contributed by atoms with van der Waals surface area (Å²) >= 11 is 12.0. The standard InChI is InChI=1S/C19H18Cl2N2O5S/c1-11-8-13-9-12(6-7-16(13)23(11)29(2,26)27)19(25)28-10-17(24)22-18-14(20)4-3-5-15(18)21/h3-7,9,11H,8,10H2,1-2H3,(H,22,24). The Bertz CT molecular complexity index is 1070. The Labute approximate surface area is 178 Å².